The first-order valence-corrected chi connectivity index (χ1v) is 13.1. The van der Waals surface area contributed by atoms with Gasteiger partial charge in [-0.05, 0) is 63.6 Å². The van der Waals surface area contributed by atoms with E-state index in [1.54, 1.807) is 42.5 Å². The van der Waals surface area contributed by atoms with Crippen molar-refractivity contribution in [1.29, 1.82) is 0 Å². The van der Waals surface area contributed by atoms with Crippen molar-refractivity contribution in [3.8, 4) is 17.2 Å². The number of hydrogen-bond acceptors (Lipinski definition) is 8. The van der Waals surface area contributed by atoms with Crippen molar-refractivity contribution in [3.05, 3.63) is 71.8 Å². The van der Waals surface area contributed by atoms with Gasteiger partial charge in [0.2, 0.25) is 18.6 Å². The predicted octanol–water partition coefficient (Wildman–Crippen LogP) is 4.06. The lowest BCUT2D eigenvalue weighted by atomic mass is 9.98. The van der Waals surface area contributed by atoms with Gasteiger partial charge in [0, 0.05) is 17.2 Å². The molecule has 0 saturated carbocycles. The zero-order chi connectivity index (χ0) is 29.3. The quantitative estimate of drug-likeness (QED) is 0.322. The highest BCUT2D eigenvalue weighted by Gasteiger charge is 2.37. The molecule has 11 heteroatoms. The van der Waals surface area contributed by atoms with Gasteiger partial charge in [-0.25, -0.2) is 4.68 Å². The number of para-hydroxylation sites is 1. The molecule has 0 fully saturated rings. The van der Waals surface area contributed by atoms with Crippen molar-refractivity contribution in [1.82, 2.24) is 20.3 Å². The summed E-state index contributed by atoms with van der Waals surface area (Å²) < 4.78 is 18.0. The summed E-state index contributed by atoms with van der Waals surface area (Å²) in [6, 6.07) is 16.1. The number of anilines is 1. The maximum Gasteiger partial charge on any atom is 0.249 e. The lowest BCUT2D eigenvalue weighted by Gasteiger charge is -2.34. The second-order valence-corrected chi connectivity index (χ2v) is 10.7. The Balaban J connectivity index is 1.72. The van der Waals surface area contributed by atoms with Gasteiger partial charge < -0.3 is 19.5 Å². The molecule has 4 aromatic rings. The van der Waals surface area contributed by atoms with Crippen molar-refractivity contribution >= 4 is 34.3 Å². The van der Waals surface area contributed by atoms with Gasteiger partial charge in [0.1, 0.15) is 23.9 Å². The lowest BCUT2D eigenvalue weighted by molar-refractivity contribution is -0.128. The number of carbonyl (C=O) groups is 3. The van der Waals surface area contributed by atoms with Crippen LogP contribution in [0.25, 0.3) is 11.0 Å². The van der Waals surface area contributed by atoms with Crippen molar-refractivity contribution in [2.24, 2.45) is 0 Å². The van der Waals surface area contributed by atoms with Crippen LogP contribution >= 0.6 is 0 Å². The molecule has 2 heterocycles. The first-order valence-electron chi connectivity index (χ1n) is 13.1. The minimum Gasteiger partial charge on any atom is -0.497 e. The predicted molar refractivity (Wildman–Crippen MR) is 151 cm³/mol. The first kappa shape index (κ1) is 27.6. The van der Waals surface area contributed by atoms with Crippen molar-refractivity contribution in [2.45, 2.75) is 45.8 Å². The van der Waals surface area contributed by atoms with Gasteiger partial charge in [-0.3, -0.25) is 19.3 Å². The standard InChI is InChI=1S/C30H31N5O6/c1-18(36)21-14-25-26(41-17-40-25)15-24(21)35(27(37)16-34-23-12-7-6-11-22(23)32-33-34)28(29(38)31-30(2,3)4)19-9-8-10-20(13-19)39-5/h6-15,28H,16-17H2,1-5H3,(H,31,38). The molecule has 3 aromatic carbocycles. The summed E-state index contributed by atoms with van der Waals surface area (Å²) >= 11 is 0. The number of benzene rings is 3. The number of nitrogens with one attached hydrogen (secondary N) is 1. The molecule has 212 valence electrons. The highest BCUT2D eigenvalue weighted by molar-refractivity contribution is 6.08. The van der Waals surface area contributed by atoms with E-state index < -0.39 is 23.4 Å². The van der Waals surface area contributed by atoms with Gasteiger partial charge in [0.05, 0.1) is 18.3 Å². The van der Waals surface area contributed by atoms with Gasteiger partial charge in [-0.15, -0.1) is 5.10 Å². The molecule has 5 rings (SSSR count). The van der Waals surface area contributed by atoms with Crippen LogP contribution < -0.4 is 24.4 Å². The monoisotopic (exact) mass is 557 g/mol. The second-order valence-electron chi connectivity index (χ2n) is 10.7. The maximum absolute atomic E-state index is 14.4. The van der Waals surface area contributed by atoms with Crippen LogP contribution in [0.5, 0.6) is 17.2 Å². The number of aromatic nitrogens is 3. The summed E-state index contributed by atoms with van der Waals surface area (Å²) in [6.07, 6.45) is 0. The second kappa shape index (κ2) is 10.9. The van der Waals surface area contributed by atoms with Crippen molar-refractivity contribution in [2.75, 3.05) is 18.8 Å². The van der Waals surface area contributed by atoms with Crippen LogP contribution in [0.15, 0.2) is 60.7 Å². The number of hydrogen-bond donors (Lipinski definition) is 1. The van der Waals surface area contributed by atoms with Gasteiger partial charge in [0.25, 0.3) is 0 Å². The van der Waals surface area contributed by atoms with E-state index in [9.17, 15) is 14.4 Å². The maximum atomic E-state index is 14.4. The minimum absolute atomic E-state index is 0.0289. The van der Waals surface area contributed by atoms with E-state index in [2.05, 4.69) is 15.6 Å². The Morgan fingerprint density at radius 1 is 1.05 bits per heavy atom. The fourth-order valence-electron chi connectivity index (χ4n) is 4.74. The first-order chi connectivity index (χ1) is 19.6. The number of carbonyl (C=O) groups excluding carboxylic acids is 3. The third-order valence-electron chi connectivity index (χ3n) is 6.52. The molecule has 1 N–H and O–H groups in total. The highest BCUT2D eigenvalue weighted by Crippen LogP contribution is 2.42. The molecule has 2 amide bonds. The van der Waals surface area contributed by atoms with Gasteiger partial charge in [-0.1, -0.05) is 29.5 Å². The number of ketones is 1. The van der Waals surface area contributed by atoms with E-state index in [4.69, 9.17) is 14.2 Å². The molecular formula is C30H31N5O6. The zero-order valence-corrected chi connectivity index (χ0v) is 23.5. The van der Waals surface area contributed by atoms with Crippen molar-refractivity contribution < 1.29 is 28.6 Å². The highest BCUT2D eigenvalue weighted by atomic mass is 16.7. The molecule has 1 aromatic heterocycles. The molecule has 1 aliphatic rings. The molecular weight excluding hydrogens is 526 g/mol. The van der Waals surface area contributed by atoms with Gasteiger partial charge >= 0.3 is 0 Å². The number of fused-ring (bicyclic) bond motifs is 2. The summed E-state index contributed by atoms with van der Waals surface area (Å²) in [6.45, 7) is 6.66. The third kappa shape index (κ3) is 5.69. The van der Waals surface area contributed by atoms with Crippen LogP contribution in [0.4, 0.5) is 5.69 Å². The van der Waals surface area contributed by atoms with Crippen LogP contribution in [0.3, 0.4) is 0 Å². The Hall–Kier alpha value is -4.93. The Labute approximate surface area is 237 Å². The largest absolute Gasteiger partial charge is 0.497 e. The molecule has 0 bridgehead atoms. The van der Waals surface area contributed by atoms with E-state index in [0.29, 0.717) is 33.8 Å². The fraction of sp³-hybridized carbons (Fsp3) is 0.300. The van der Waals surface area contributed by atoms with E-state index in [1.807, 2.05) is 32.9 Å². The molecule has 1 unspecified atom stereocenters. The number of Topliss-reactive ketones (excluding diaryl/α,β-unsaturated/α-hetero) is 1. The number of ether oxygens (including phenoxy) is 3. The normalized spacial score (nSPS) is 13.1. The Kier molecular flexibility index (Phi) is 7.36. The smallest absolute Gasteiger partial charge is 0.249 e. The molecule has 0 spiro atoms. The fourth-order valence-corrected chi connectivity index (χ4v) is 4.74. The Bertz CT molecular complexity index is 1640. The number of amides is 2. The topological polar surface area (TPSA) is 125 Å². The lowest BCUT2D eigenvalue weighted by Crippen LogP contribution is -2.50. The van der Waals surface area contributed by atoms with E-state index in [1.165, 1.54) is 29.7 Å². The van der Waals surface area contributed by atoms with Gasteiger partial charge in [-0.2, -0.15) is 0 Å². The summed E-state index contributed by atoms with van der Waals surface area (Å²) in [5, 5.41) is 11.3. The van der Waals surface area contributed by atoms with Crippen LogP contribution in [-0.2, 0) is 16.1 Å². The van der Waals surface area contributed by atoms with Crippen LogP contribution in [0.2, 0.25) is 0 Å². The Morgan fingerprint density at radius 2 is 1.78 bits per heavy atom. The average molecular weight is 558 g/mol. The van der Waals surface area contributed by atoms with Crippen LogP contribution in [0.1, 0.15) is 49.7 Å². The van der Waals surface area contributed by atoms with E-state index in [-0.39, 0.29) is 30.4 Å². The molecule has 1 atom stereocenters. The molecule has 1 aliphatic heterocycles. The summed E-state index contributed by atoms with van der Waals surface area (Å²) in [5.41, 5.74) is 1.53. The van der Waals surface area contributed by atoms with E-state index in [0.717, 1.165) is 0 Å². The molecule has 0 aliphatic carbocycles. The summed E-state index contributed by atoms with van der Waals surface area (Å²) in [4.78, 5) is 42.8. The SMILES string of the molecule is COc1cccc(C(C(=O)NC(C)(C)C)N(C(=O)Cn2nnc3ccccc32)c2cc3c(cc2C(C)=O)OCO3)c1. The molecule has 41 heavy (non-hydrogen) atoms. The Morgan fingerprint density at radius 3 is 2.49 bits per heavy atom. The number of rotatable bonds is 8. The van der Waals surface area contributed by atoms with E-state index >= 15 is 0 Å². The van der Waals surface area contributed by atoms with Crippen molar-refractivity contribution in [3.63, 3.8) is 0 Å². The van der Waals surface area contributed by atoms with Crippen LogP contribution in [-0.4, -0.2) is 52.0 Å². The zero-order valence-electron chi connectivity index (χ0n) is 23.5. The number of nitrogens with zero attached hydrogens (tertiary/aromatic N) is 4. The van der Waals surface area contributed by atoms with Gasteiger partial charge in [0.15, 0.2) is 17.3 Å². The molecule has 0 saturated heterocycles. The minimum atomic E-state index is -1.19. The third-order valence-corrected chi connectivity index (χ3v) is 6.52. The molecule has 11 nitrogen and oxygen atoms in total. The summed E-state index contributed by atoms with van der Waals surface area (Å²) in [5.74, 6) is -0.0277. The summed E-state index contributed by atoms with van der Waals surface area (Å²) in [7, 11) is 1.52. The molecule has 0 radical (unpaired) electrons. The van der Waals surface area contributed by atoms with Crippen LogP contribution in [0, 0.1) is 0 Å². The average Bonchev–Trinajstić information content (AvgIpc) is 3.56. The number of methoxy groups -OCH3 is 1.